The molecule has 2 N–H and O–H groups in total. The lowest BCUT2D eigenvalue weighted by Gasteiger charge is -2.35. The molecule has 0 spiro atoms. The number of fused-ring (bicyclic) bond motifs is 1. The van der Waals surface area contributed by atoms with Crippen LogP contribution in [0.4, 0.5) is 0 Å². The van der Waals surface area contributed by atoms with Crippen molar-refractivity contribution < 1.29 is 14.7 Å². The summed E-state index contributed by atoms with van der Waals surface area (Å²) in [7, 11) is 0. The van der Waals surface area contributed by atoms with Crippen molar-refractivity contribution >= 4 is 11.9 Å². The van der Waals surface area contributed by atoms with Crippen molar-refractivity contribution in [3.05, 3.63) is 35.4 Å². The van der Waals surface area contributed by atoms with Crippen molar-refractivity contribution in [2.45, 2.75) is 32.4 Å². The second kappa shape index (κ2) is 6.05. The standard InChI is InChI=1S/C15H20N2O3/c1-3-16-14(18)10(2)17-8-11-6-4-5-7-12(11)13(9-17)15(19)20/h4-7,10,13H,3,8-9H2,1-2H3,(H,16,18)(H,19,20). The molecule has 1 amide bonds. The van der Waals surface area contributed by atoms with E-state index in [0.29, 0.717) is 19.6 Å². The molecule has 20 heavy (non-hydrogen) atoms. The van der Waals surface area contributed by atoms with Crippen LogP contribution in [0.15, 0.2) is 24.3 Å². The zero-order valence-corrected chi connectivity index (χ0v) is 11.8. The number of nitrogens with zero attached hydrogens (tertiary/aromatic N) is 1. The van der Waals surface area contributed by atoms with Gasteiger partial charge in [0.05, 0.1) is 12.0 Å². The van der Waals surface area contributed by atoms with Gasteiger partial charge in [-0.3, -0.25) is 14.5 Å². The summed E-state index contributed by atoms with van der Waals surface area (Å²) >= 11 is 0. The molecule has 5 nitrogen and oxygen atoms in total. The Balaban J connectivity index is 2.24. The highest BCUT2D eigenvalue weighted by atomic mass is 16.4. The Morgan fingerprint density at radius 1 is 1.45 bits per heavy atom. The summed E-state index contributed by atoms with van der Waals surface area (Å²) in [5.74, 6) is -1.47. The van der Waals surface area contributed by atoms with Crippen LogP contribution in [0.2, 0.25) is 0 Å². The van der Waals surface area contributed by atoms with Crippen molar-refractivity contribution in [3.8, 4) is 0 Å². The Morgan fingerprint density at radius 3 is 2.80 bits per heavy atom. The monoisotopic (exact) mass is 276 g/mol. The van der Waals surface area contributed by atoms with E-state index in [-0.39, 0.29) is 11.9 Å². The molecule has 0 radical (unpaired) electrons. The molecule has 2 rings (SSSR count). The molecule has 0 fully saturated rings. The van der Waals surface area contributed by atoms with E-state index in [0.717, 1.165) is 11.1 Å². The molecule has 0 saturated carbocycles. The third kappa shape index (κ3) is 2.82. The van der Waals surface area contributed by atoms with Gasteiger partial charge >= 0.3 is 5.97 Å². The molecule has 1 aromatic rings. The van der Waals surface area contributed by atoms with Crippen LogP contribution in [0, 0.1) is 0 Å². The van der Waals surface area contributed by atoms with E-state index in [9.17, 15) is 14.7 Å². The third-order valence-corrected chi connectivity index (χ3v) is 3.80. The number of nitrogens with one attached hydrogen (secondary N) is 1. The summed E-state index contributed by atoms with van der Waals surface area (Å²) in [6, 6.07) is 7.23. The van der Waals surface area contributed by atoms with Crippen LogP contribution in [-0.2, 0) is 16.1 Å². The number of carbonyl (C=O) groups is 2. The second-order valence-electron chi connectivity index (χ2n) is 5.09. The highest BCUT2D eigenvalue weighted by molar-refractivity contribution is 5.82. The number of hydrogen-bond acceptors (Lipinski definition) is 3. The largest absolute Gasteiger partial charge is 0.481 e. The van der Waals surface area contributed by atoms with E-state index in [1.165, 1.54) is 0 Å². The predicted octanol–water partition coefficient (Wildman–Crippen LogP) is 1.19. The van der Waals surface area contributed by atoms with Gasteiger partial charge in [0, 0.05) is 19.6 Å². The van der Waals surface area contributed by atoms with Gasteiger partial charge < -0.3 is 10.4 Å². The van der Waals surface area contributed by atoms with Gasteiger partial charge in [0.2, 0.25) is 5.91 Å². The van der Waals surface area contributed by atoms with E-state index in [2.05, 4.69) is 5.32 Å². The highest BCUT2D eigenvalue weighted by Gasteiger charge is 2.33. The first-order chi connectivity index (χ1) is 9.54. The fraction of sp³-hybridized carbons (Fsp3) is 0.467. The van der Waals surface area contributed by atoms with E-state index in [4.69, 9.17) is 0 Å². The minimum Gasteiger partial charge on any atom is -0.481 e. The van der Waals surface area contributed by atoms with Crippen molar-refractivity contribution in [1.29, 1.82) is 0 Å². The molecule has 5 heteroatoms. The summed E-state index contributed by atoms with van der Waals surface area (Å²) in [6.07, 6.45) is 0. The van der Waals surface area contributed by atoms with E-state index < -0.39 is 11.9 Å². The molecule has 0 aromatic heterocycles. The van der Waals surface area contributed by atoms with Crippen LogP contribution in [0.1, 0.15) is 30.9 Å². The number of carbonyl (C=O) groups excluding carboxylic acids is 1. The number of rotatable bonds is 4. The number of aliphatic carboxylic acids is 1. The van der Waals surface area contributed by atoms with Crippen LogP contribution < -0.4 is 5.32 Å². The first-order valence-electron chi connectivity index (χ1n) is 6.87. The average Bonchev–Trinajstić information content (AvgIpc) is 2.45. The molecule has 2 unspecified atom stereocenters. The van der Waals surface area contributed by atoms with E-state index in [1.807, 2.05) is 43.0 Å². The fourth-order valence-corrected chi connectivity index (χ4v) is 2.63. The molecule has 1 aromatic carbocycles. The molecule has 0 aliphatic carbocycles. The van der Waals surface area contributed by atoms with Gasteiger partial charge in [-0.05, 0) is 25.0 Å². The van der Waals surface area contributed by atoms with Gasteiger partial charge in [-0.2, -0.15) is 0 Å². The molecular formula is C15H20N2O3. The lowest BCUT2D eigenvalue weighted by atomic mass is 9.89. The summed E-state index contributed by atoms with van der Waals surface area (Å²) < 4.78 is 0. The SMILES string of the molecule is CCNC(=O)C(C)N1Cc2ccccc2C(C(=O)O)C1. The van der Waals surface area contributed by atoms with Crippen LogP contribution in [0.3, 0.4) is 0 Å². The van der Waals surface area contributed by atoms with Crippen LogP contribution in [0.25, 0.3) is 0 Å². The van der Waals surface area contributed by atoms with Crippen molar-refractivity contribution in [1.82, 2.24) is 10.2 Å². The molecule has 1 aliphatic rings. The number of amides is 1. The summed E-state index contributed by atoms with van der Waals surface area (Å²) in [6.45, 7) is 5.24. The maximum absolute atomic E-state index is 11.9. The smallest absolute Gasteiger partial charge is 0.312 e. The molecule has 108 valence electrons. The molecule has 1 aliphatic heterocycles. The molecule has 2 atom stereocenters. The lowest BCUT2D eigenvalue weighted by Crippen LogP contribution is -2.48. The van der Waals surface area contributed by atoms with E-state index in [1.54, 1.807) is 0 Å². The van der Waals surface area contributed by atoms with Gasteiger partial charge in [0.15, 0.2) is 0 Å². The highest BCUT2D eigenvalue weighted by Crippen LogP contribution is 2.29. The molecule has 1 heterocycles. The summed E-state index contributed by atoms with van der Waals surface area (Å²) in [4.78, 5) is 25.3. The Hall–Kier alpha value is -1.88. The zero-order valence-electron chi connectivity index (χ0n) is 11.8. The summed E-state index contributed by atoms with van der Waals surface area (Å²) in [5, 5.41) is 12.2. The Morgan fingerprint density at radius 2 is 2.15 bits per heavy atom. The molecule has 0 saturated heterocycles. The Labute approximate surface area is 118 Å². The van der Waals surface area contributed by atoms with Gasteiger partial charge in [0.1, 0.15) is 0 Å². The number of hydrogen-bond donors (Lipinski definition) is 2. The number of carboxylic acids is 1. The zero-order chi connectivity index (χ0) is 14.7. The van der Waals surface area contributed by atoms with Gasteiger partial charge in [-0.25, -0.2) is 0 Å². The third-order valence-electron chi connectivity index (χ3n) is 3.80. The number of carboxylic acid groups (broad SMARTS) is 1. The van der Waals surface area contributed by atoms with Crippen LogP contribution in [0.5, 0.6) is 0 Å². The molecular weight excluding hydrogens is 256 g/mol. The van der Waals surface area contributed by atoms with Crippen LogP contribution in [-0.4, -0.2) is 41.0 Å². The topological polar surface area (TPSA) is 69.6 Å². The van der Waals surface area contributed by atoms with Gasteiger partial charge in [0.25, 0.3) is 0 Å². The van der Waals surface area contributed by atoms with Gasteiger partial charge in [-0.15, -0.1) is 0 Å². The average molecular weight is 276 g/mol. The Kier molecular flexibility index (Phi) is 4.39. The predicted molar refractivity (Wildman–Crippen MR) is 75.4 cm³/mol. The maximum Gasteiger partial charge on any atom is 0.312 e. The van der Waals surface area contributed by atoms with Crippen molar-refractivity contribution in [3.63, 3.8) is 0 Å². The lowest BCUT2D eigenvalue weighted by molar-refractivity contribution is -0.140. The number of likely N-dealkylation sites (N-methyl/N-ethyl adjacent to an activating group) is 1. The minimum absolute atomic E-state index is 0.0592. The minimum atomic E-state index is -0.842. The molecule has 0 bridgehead atoms. The Bertz CT molecular complexity index is 516. The second-order valence-corrected chi connectivity index (χ2v) is 5.09. The normalized spacial score (nSPS) is 20.0. The quantitative estimate of drug-likeness (QED) is 0.867. The van der Waals surface area contributed by atoms with E-state index >= 15 is 0 Å². The summed E-state index contributed by atoms with van der Waals surface area (Å²) in [5.41, 5.74) is 1.85. The van der Waals surface area contributed by atoms with Crippen molar-refractivity contribution in [2.24, 2.45) is 0 Å². The maximum atomic E-state index is 11.9. The fourth-order valence-electron chi connectivity index (χ4n) is 2.63. The first-order valence-corrected chi connectivity index (χ1v) is 6.87. The van der Waals surface area contributed by atoms with Gasteiger partial charge in [-0.1, -0.05) is 24.3 Å². The first kappa shape index (κ1) is 14.5. The number of benzene rings is 1. The van der Waals surface area contributed by atoms with Crippen molar-refractivity contribution in [2.75, 3.05) is 13.1 Å². The van der Waals surface area contributed by atoms with Crippen LogP contribution >= 0.6 is 0 Å².